The first-order valence-corrected chi connectivity index (χ1v) is 16.7. The third-order valence-corrected chi connectivity index (χ3v) is 10.5. The molecule has 0 aromatic heterocycles. The normalized spacial score (nSPS) is 26.9. The maximum Gasteiger partial charge on any atom is 0.253 e. The molecule has 3 fully saturated rings. The van der Waals surface area contributed by atoms with Gasteiger partial charge in [0.05, 0.1) is 30.1 Å². The van der Waals surface area contributed by atoms with E-state index < -0.39 is 35.1 Å². The second kappa shape index (κ2) is 13.5. The number of para-hydroxylation sites is 1. The summed E-state index contributed by atoms with van der Waals surface area (Å²) < 4.78 is 7.07. The summed E-state index contributed by atoms with van der Waals surface area (Å²) in [6.07, 6.45) is 6.12. The standard InChI is InChI=1S/C38H49N3O5/c1-7-21-39(22-8-2)34(43)30-31-35(44)41(29(25-42)24-28-17-12-11-13-18-28)33(38(31)20-19-37(30,10-4)46-38)36(45)40(23-9-3)32-26(5)15-14-16-27(32)6/h7,9,11-18,29-31,33,42H,1,3,8,10,19-25H2,2,4-6H3/t29-,30+,31+,33?,37-,38?/m1/s1. The quantitative estimate of drug-likeness (QED) is 0.298. The van der Waals surface area contributed by atoms with Crippen LogP contribution in [0.1, 0.15) is 56.2 Å². The van der Waals surface area contributed by atoms with Crippen molar-refractivity contribution in [1.29, 1.82) is 0 Å². The fourth-order valence-corrected chi connectivity index (χ4v) is 8.55. The fourth-order valence-electron chi connectivity index (χ4n) is 8.55. The Morgan fingerprint density at radius 1 is 1.02 bits per heavy atom. The van der Waals surface area contributed by atoms with Crippen molar-refractivity contribution in [2.75, 3.05) is 31.1 Å². The van der Waals surface area contributed by atoms with E-state index in [2.05, 4.69) is 13.2 Å². The average molecular weight is 628 g/mol. The van der Waals surface area contributed by atoms with Gasteiger partial charge in [-0.15, -0.1) is 13.2 Å². The molecule has 46 heavy (non-hydrogen) atoms. The molecule has 3 aliphatic rings. The minimum Gasteiger partial charge on any atom is -0.394 e. The van der Waals surface area contributed by atoms with Crippen LogP contribution < -0.4 is 4.90 Å². The number of ether oxygens (including phenoxy) is 1. The Morgan fingerprint density at radius 3 is 2.28 bits per heavy atom. The van der Waals surface area contributed by atoms with Crippen LogP contribution in [0.15, 0.2) is 73.8 Å². The third kappa shape index (κ3) is 5.39. The highest BCUT2D eigenvalue weighted by Crippen LogP contribution is 2.65. The molecule has 2 unspecified atom stereocenters. The number of anilines is 1. The lowest BCUT2D eigenvalue weighted by Gasteiger charge is -2.40. The first kappa shape index (κ1) is 33.6. The number of likely N-dealkylation sites (tertiary alicyclic amines) is 1. The van der Waals surface area contributed by atoms with E-state index in [-0.39, 0.29) is 30.9 Å². The van der Waals surface area contributed by atoms with E-state index in [9.17, 15) is 14.7 Å². The number of aliphatic hydroxyl groups is 1. The van der Waals surface area contributed by atoms with Gasteiger partial charge in [0.2, 0.25) is 11.8 Å². The number of amides is 3. The van der Waals surface area contributed by atoms with E-state index in [1.165, 1.54) is 0 Å². The SMILES string of the molecule is C=CCN(CCC)C(=O)[C@@H]1[C@H]2C(=O)N([C@@H](CO)Cc3ccccc3)C(C(=O)N(CC=C)c3c(C)cccc3C)C23CC[C@@]1(CC)O3. The van der Waals surface area contributed by atoms with Crippen LogP contribution in [0.3, 0.4) is 0 Å². The second-order valence-corrected chi connectivity index (χ2v) is 13.2. The van der Waals surface area contributed by atoms with E-state index in [1.54, 1.807) is 26.9 Å². The molecule has 6 atom stereocenters. The minimum absolute atomic E-state index is 0.127. The summed E-state index contributed by atoms with van der Waals surface area (Å²) in [7, 11) is 0. The van der Waals surface area contributed by atoms with Crippen molar-refractivity contribution in [2.24, 2.45) is 11.8 Å². The van der Waals surface area contributed by atoms with Crippen LogP contribution in [0.2, 0.25) is 0 Å². The Bertz CT molecular complexity index is 1460. The number of carbonyl (C=O) groups excluding carboxylic acids is 3. The molecule has 0 saturated carbocycles. The van der Waals surface area contributed by atoms with Crippen LogP contribution in [0.25, 0.3) is 0 Å². The van der Waals surface area contributed by atoms with Crippen LogP contribution in [0.4, 0.5) is 5.69 Å². The van der Waals surface area contributed by atoms with Crippen LogP contribution in [0, 0.1) is 25.7 Å². The van der Waals surface area contributed by atoms with Gasteiger partial charge >= 0.3 is 0 Å². The number of carbonyl (C=O) groups is 3. The van der Waals surface area contributed by atoms with Crippen molar-refractivity contribution in [3.05, 3.63) is 90.5 Å². The third-order valence-electron chi connectivity index (χ3n) is 10.5. The van der Waals surface area contributed by atoms with Gasteiger partial charge in [0.1, 0.15) is 11.6 Å². The zero-order valence-electron chi connectivity index (χ0n) is 27.8. The number of hydrogen-bond acceptors (Lipinski definition) is 5. The molecule has 0 aliphatic carbocycles. The van der Waals surface area contributed by atoms with Crippen molar-refractivity contribution < 1.29 is 24.2 Å². The lowest BCUT2D eigenvalue weighted by Crippen LogP contribution is -2.59. The molecule has 3 aliphatic heterocycles. The van der Waals surface area contributed by atoms with Gasteiger partial charge in [-0.1, -0.05) is 74.5 Å². The van der Waals surface area contributed by atoms with Gasteiger partial charge in [-0.05, 0) is 62.6 Å². The van der Waals surface area contributed by atoms with Gasteiger partial charge in [-0.3, -0.25) is 14.4 Å². The first-order valence-electron chi connectivity index (χ1n) is 16.7. The molecule has 1 spiro atoms. The van der Waals surface area contributed by atoms with Crippen LogP contribution in [0.5, 0.6) is 0 Å². The zero-order chi connectivity index (χ0) is 33.2. The molecule has 2 bridgehead atoms. The highest BCUT2D eigenvalue weighted by molar-refractivity contribution is 6.06. The largest absolute Gasteiger partial charge is 0.394 e. The molecule has 3 saturated heterocycles. The number of hydrogen-bond donors (Lipinski definition) is 1. The van der Waals surface area contributed by atoms with Gasteiger partial charge in [0.25, 0.3) is 5.91 Å². The van der Waals surface area contributed by atoms with Gasteiger partial charge in [-0.25, -0.2) is 0 Å². The Balaban J connectivity index is 1.68. The summed E-state index contributed by atoms with van der Waals surface area (Å²) in [6, 6.07) is 13.8. The van der Waals surface area contributed by atoms with Crippen molar-refractivity contribution in [3.8, 4) is 0 Å². The van der Waals surface area contributed by atoms with Crippen molar-refractivity contribution >= 4 is 23.4 Å². The van der Waals surface area contributed by atoms with Gasteiger partial charge in [0.15, 0.2) is 0 Å². The van der Waals surface area contributed by atoms with E-state index in [1.807, 2.05) is 76.2 Å². The predicted molar refractivity (Wildman–Crippen MR) is 180 cm³/mol. The maximum atomic E-state index is 15.2. The Morgan fingerprint density at radius 2 is 1.70 bits per heavy atom. The number of nitrogens with zero attached hydrogens (tertiary/aromatic N) is 3. The molecule has 8 heteroatoms. The molecule has 2 aromatic rings. The van der Waals surface area contributed by atoms with Gasteiger partial charge in [0, 0.05) is 25.3 Å². The molecule has 3 amide bonds. The topological polar surface area (TPSA) is 90.4 Å². The smallest absolute Gasteiger partial charge is 0.253 e. The van der Waals surface area contributed by atoms with Crippen LogP contribution in [-0.2, 0) is 25.5 Å². The number of aliphatic hydroxyl groups excluding tert-OH is 1. The number of aryl methyl sites for hydroxylation is 2. The molecule has 5 rings (SSSR count). The van der Waals surface area contributed by atoms with Crippen LogP contribution in [-0.4, -0.2) is 82.2 Å². The molecule has 0 radical (unpaired) electrons. The molecular formula is C38H49N3O5. The lowest BCUT2D eigenvalue weighted by atomic mass is 9.64. The predicted octanol–water partition coefficient (Wildman–Crippen LogP) is 5.01. The Labute approximate surface area is 273 Å². The molecule has 1 N–H and O–H groups in total. The average Bonchev–Trinajstić information content (AvgIpc) is 3.66. The zero-order valence-corrected chi connectivity index (χ0v) is 27.8. The summed E-state index contributed by atoms with van der Waals surface area (Å²) in [6.45, 7) is 16.6. The summed E-state index contributed by atoms with van der Waals surface area (Å²) in [5.74, 6) is -2.29. The van der Waals surface area contributed by atoms with Gasteiger partial charge < -0.3 is 24.5 Å². The Hall–Kier alpha value is -3.75. The highest BCUT2D eigenvalue weighted by atomic mass is 16.5. The first-order chi connectivity index (χ1) is 22.1. The van der Waals surface area contributed by atoms with E-state index in [0.717, 1.165) is 28.8 Å². The summed E-state index contributed by atoms with van der Waals surface area (Å²) in [5.41, 5.74) is 1.50. The number of rotatable bonds is 14. The van der Waals surface area contributed by atoms with Crippen molar-refractivity contribution in [3.63, 3.8) is 0 Å². The second-order valence-electron chi connectivity index (χ2n) is 13.2. The van der Waals surface area contributed by atoms with E-state index >= 15 is 4.79 Å². The Kier molecular flexibility index (Phi) is 9.89. The monoisotopic (exact) mass is 627 g/mol. The fraction of sp³-hybridized carbons (Fsp3) is 0.500. The molecule has 246 valence electrons. The summed E-state index contributed by atoms with van der Waals surface area (Å²) in [5, 5.41) is 10.9. The molecular weight excluding hydrogens is 578 g/mol. The summed E-state index contributed by atoms with van der Waals surface area (Å²) in [4.78, 5) is 49.8. The van der Waals surface area contributed by atoms with Crippen LogP contribution >= 0.6 is 0 Å². The number of fused-ring (bicyclic) bond motifs is 1. The minimum atomic E-state index is -1.21. The summed E-state index contributed by atoms with van der Waals surface area (Å²) >= 11 is 0. The molecule has 8 nitrogen and oxygen atoms in total. The molecule has 3 heterocycles. The van der Waals surface area contributed by atoms with E-state index in [0.29, 0.717) is 38.8 Å². The van der Waals surface area contributed by atoms with E-state index in [4.69, 9.17) is 4.74 Å². The highest BCUT2D eigenvalue weighted by Gasteiger charge is 2.79. The maximum absolute atomic E-state index is 15.2. The van der Waals surface area contributed by atoms with Crippen molar-refractivity contribution in [2.45, 2.75) is 83.1 Å². The molecule has 2 aromatic carbocycles. The van der Waals surface area contributed by atoms with Crippen molar-refractivity contribution in [1.82, 2.24) is 9.80 Å². The van der Waals surface area contributed by atoms with Gasteiger partial charge in [-0.2, -0.15) is 0 Å². The lowest BCUT2D eigenvalue weighted by molar-refractivity contribution is -0.153. The number of benzene rings is 2.